The Kier molecular flexibility index (Phi) is 6.89. The largest absolute Gasteiger partial charge is 0.481 e. The van der Waals surface area contributed by atoms with Gasteiger partial charge >= 0.3 is 0 Å². The fourth-order valence-corrected chi connectivity index (χ4v) is 5.21. The molecule has 206 valence electrons. The van der Waals surface area contributed by atoms with Crippen LogP contribution in [-0.4, -0.2) is 60.8 Å². The van der Waals surface area contributed by atoms with Crippen LogP contribution in [0.1, 0.15) is 18.4 Å². The number of rotatable bonds is 6. The first-order chi connectivity index (χ1) is 19.4. The van der Waals surface area contributed by atoms with Crippen molar-refractivity contribution in [2.45, 2.75) is 19.8 Å². The zero-order chi connectivity index (χ0) is 27.8. The average Bonchev–Trinajstić information content (AvgIpc) is 3.40. The number of carbonyl (C=O) groups is 1. The van der Waals surface area contributed by atoms with Crippen molar-refractivity contribution in [1.82, 2.24) is 15.0 Å². The first-order valence-electron chi connectivity index (χ1n) is 13.1. The molecule has 2 saturated heterocycles. The zero-order valence-electron chi connectivity index (χ0n) is 22.2. The molecule has 5 heterocycles. The van der Waals surface area contributed by atoms with Gasteiger partial charge in [-0.15, -0.1) is 0 Å². The second-order valence-electron chi connectivity index (χ2n) is 9.75. The summed E-state index contributed by atoms with van der Waals surface area (Å²) in [6.45, 7) is 4.81. The number of benzene rings is 1. The standard InChI is InChI=1S/C29H28F2N6O3/c1-17-27(26-21(31)14-19(30)15-22(26)33-29(17)37-9-3-4-25(37)38)35-28-20(18-5-8-24(39-2)32-16-18)6-7-23(34-28)36-10-12-40-13-11-36/h5-8,14-16H,3-4,9-13H2,1-2H3,(H,33,34,35). The Hall–Kier alpha value is -4.38. The first kappa shape index (κ1) is 25.9. The third-order valence-corrected chi connectivity index (χ3v) is 7.27. The molecule has 0 unspecified atom stereocenters. The molecule has 0 aliphatic carbocycles. The lowest BCUT2D eigenvalue weighted by molar-refractivity contribution is -0.117. The van der Waals surface area contributed by atoms with E-state index in [1.807, 2.05) is 18.2 Å². The summed E-state index contributed by atoms with van der Waals surface area (Å²) < 4.78 is 40.4. The summed E-state index contributed by atoms with van der Waals surface area (Å²) in [6, 6.07) is 9.49. The number of methoxy groups -OCH3 is 1. The van der Waals surface area contributed by atoms with Gasteiger partial charge in [-0.2, -0.15) is 0 Å². The number of amides is 1. The van der Waals surface area contributed by atoms with E-state index in [1.54, 1.807) is 31.2 Å². The van der Waals surface area contributed by atoms with Gasteiger partial charge in [0.05, 0.1) is 36.9 Å². The summed E-state index contributed by atoms with van der Waals surface area (Å²) in [7, 11) is 1.55. The molecular weight excluding hydrogens is 518 g/mol. The Bertz CT molecular complexity index is 1590. The second-order valence-corrected chi connectivity index (χ2v) is 9.75. The molecule has 0 bridgehead atoms. The van der Waals surface area contributed by atoms with Crippen LogP contribution >= 0.6 is 0 Å². The maximum atomic E-state index is 15.4. The molecule has 1 N–H and O–H groups in total. The topological polar surface area (TPSA) is 92.7 Å². The number of hydrogen-bond donors (Lipinski definition) is 1. The van der Waals surface area contributed by atoms with E-state index in [2.05, 4.69) is 20.2 Å². The molecule has 2 aliphatic heterocycles. The van der Waals surface area contributed by atoms with Crippen molar-refractivity contribution in [2.75, 3.05) is 55.1 Å². The molecule has 0 spiro atoms. The third-order valence-electron chi connectivity index (χ3n) is 7.27. The van der Waals surface area contributed by atoms with Gasteiger partial charge in [0.2, 0.25) is 11.8 Å². The van der Waals surface area contributed by atoms with Gasteiger partial charge < -0.3 is 19.7 Å². The smallest absolute Gasteiger partial charge is 0.228 e. The molecule has 9 nitrogen and oxygen atoms in total. The van der Waals surface area contributed by atoms with Crippen LogP contribution < -0.4 is 19.9 Å². The van der Waals surface area contributed by atoms with Crippen LogP contribution in [0.2, 0.25) is 0 Å². The summed E-state index contributed by atoms with van der Waals surface area (Å²) in [5, 5.41) is 3.48. The van der Waals surface area contributed by atoms with Gasteiger partial charge in [0.1, 0.15) is 29.1 Å². The van der Waals surface area contributed by atoms with Gasteiger partial charge in [-0.1, -0.05) is 0 Å². The SMILES string of the molecule is COc1ccc(-c2ccc(N3CCOCC3)nc2Nc2c(C)c(N3CCCC3=O)nc3cc(F)cc(F)c23)cn1. The lowest BCUT2D eigenvalue weighted by Gasteiger charge is -2.29. The van der Waals surface area contributed by atoms with E-state index in [9.17, 15) is 9.18 Å². The van der Waals surface area contributed by atoms with E-state index >= 15 is 4.39 Å². The minimum atomic E-state index is -0.760. The van der Waals surface area contributed by atoms with E-state index in [-0.39, 0.29) is 16.8 Å². The van der Waals surface area contributed by atoms with Crippen LogP contribution in [0.4, 0.5) is 31.9 Å². The summed E-state index contributed by atoms with van der Waals surface area (Å²) >= 11 is 0. The highest BCUT2D eigenvalue weighted by Crippen LogP contribution is 2.40. The number of aromatic nitrogens is 3. The van der Waals surface area contributed by atoms with Crippen molar-refractivity contribution in [2.24, 2.45) is 0 Å². The van der Waals surface area contributed by atoms with Crippen molar-refractivity contribution in [3.8, 4) is 17.0 Å². The van der Waals surface area contributed by atoms with E-state index in [1.165, 1.54) is 6.07 Å². The normalized spacial score (nSPS) is 15.7. The van der Waals surface area contributed by atoms with Crippen molar-refractivity contribution >= 4 is 40.0 Å². The van der Waals surface area contributed by atoms with Crippen LogP contribution in [0, 0.1) is 18.6 Å². The molecule has 3 aromatic heterocycles. The van der Waals surface area contributed by atoms with E-state index < -0.39 is 11.6 Å². The fraction of sp³-hybridized carbons (Fsp3) is 0.310. The van der Waals surface area contributed by atoms with Crippen molar-refractivity contribution in [3.63, 3.8) is 0 Å². The van der Waals surface area contributed by atoms with Gasteiger partial charge in [-0.3, -0.25) is 9.69 Å². The number of nitrogens with zero attached hydrogens (tertiary/aromatic N) is 5. The molecule has 0 saturated carbocycles. The number of pyridine rings is 3. The molecule has 11 heteroatoms. The lowest BCUT2D eigenvalue weighted by Crippen LogP contribution is -2.36. The predicted molar refractivity (Wildman–Crippen MR) is 148 cm³/mol. The molecule has 4 aromatic rings. The van der Waals surface area contributed by atoms with Gasteiger partial charge in [0.15, 0.2) is 0 Å². The number of fused-ring (bicyclic) bond motifs is 1. The Morgan fingerprint density at radius 2 is 1.88 bits per heavy atom. The van der Waals surface area contributed by atoms with E-state index in [4.69, 9.17) is 14.5 Å². The molecule has 0 atom stereocenters. The highest BCUT2D eigenvalue weighted by atomic mass is 19.1. The van der Waals surface area contributed by atoms with Crippen LogP contribution in [0.25, 0.3) is 22.0 Å². The van der Waals surface area contributed by atoms with Crippen molar-refractivity contribution in [1.29, 1.82) is 0 Å². The molecule has 40 heavy (non-hydrogen) atoms. The second kappa shape index (κ2) is 10.6. The third kappa shape index (κ3) is 4.77. The van der Waals surface area contributed by atoms with Gasteiger partial charge in [-0.05, 0) is 31.5 Å². The molecule has 1 aromatic carbocycles. The summed E-state index contributed by atoms with van der Waals surface area (Å²) in [4.78, 5) is 30.2. The summed E-state index contributed by atoms with van der Waals surface area (Å²) in [6.07, 6.45) is 2.77. The summed E-state index contributed by atoms with van der Waals surface area (Å²) in [5.74, 6) is 0.446. The number of anilines is 4. The Morgan fingerprint density at radius 3 is 2.58 bits per heavy atom. The Labute approximate surface area is 229 Å². The summed E-state index contributed by atoms with van der Waals surface area (Å²) in [5.41, 5.74) is 2.52. The van der Waals surface area contributed by atoms with Crippen molar-refractivity contribution in [3.05, 3.63) is 59.8 Å². The van der Waals surface area contributed by atoms with E-state index in [0.717, 1.165) is 23.0 Å². The predicted octanol–water partition coefficient (Wildman–Crippen LogP) is 4.99. The number of hydrogen-bond acceptors (Lipinski definition) is 8. The molecule has 1 amide bonds. The molecule has 6 rings (SSSR count). The first-order valence-corrected chi connectivity index (χ1v) is 13.1. The fourth-order valence-electron chi connectivity index (χ4n) is 5.21. The molecule has 2 fully saturated rings. The molecular formula is C29H28F2N6O3. The van der Waals surface area contributed by atoms with Crippen LogP contribution in [-0.2, 0) is 9.53 Å². The average molecular weight is 547 g/mol. The monoisotopic (exact) mass is 546 g/mol. The van der Waals surface area contributed by atoms with Crippen LogP contribution in [0.5, 0.6) is 5.88 Å². The number of ether oxygens (including phenoxy) is 2. The van der Waals surface area contributed by atoms with Gasteiger partial charge in [-0.25, -0.2) is 23.7 Å². The van der Waals surface area contributed by atoms with Crippen molar-refractivity contribution < 1.29 is 23.0 Å². The number of halogens is 2. The maximum absolute atomic E-state index is 15.4. The number of carbonyl (C=O) groups excluding carboxylic acids is 1. The Morgan fingerprint density at radius 1 is 1.05 bits per heavy atom. The highest BCUT2D eigenvalue weighted by molar-refractivity contribution is 6.02. The van der Waals surface area contributed by atoms with E-state index in [0.29, 0.717) is 74.5 Å². The minimum Gasteiger partial charge on any atom is -0.481 e. The maximum Gasteiger partial charge on any atom is 0.228 e. The van der Waals surface area contributed by atoms with Gasteiger partial charge in [0.25, 0.3) is 0 Å². The molecule has 0 radical (unpaired) electrons. The lowest BCUT2D eigenvalue weighted by atomic mass is 10.1. The molecule has 2 aliphatic rings. The quantitative estimate of drug-likeness (QED) is 0.362. The van der Waals surface area contributed by atoms with Gasteiger partial charge in [0, 0.05) is 67.1 Å². The number of nitrogens with one attached hydrogen (secondary N) is 1. The zero-order valence-corrected chi connectivity index (χ0v) is 22.2. The number of morpholine rings is 1. The van der Waals surface area contributed by atoms with Crippen LogP contribution in [0.15, 0.2) is 42.6 Å². The Balaban J connectivity index is 1.54. The minimum absolute atomic E-state index is 0.0739. The van der Waals surface area contributed by atoms with Crippen LogP contribution in [0.3, 0.4) is 0 Å². The highest BCUT2D eigenvalue weighted by Gasteiger charge is 2.28.